The number of nitrogens with zero attached hydrogens (tertiary/aromatic N) is 2. The predicted octanol–water partition coefficient (Wildman–Crippen LogP) is 1.28. The van der Waals surface area contributed by atoms with Gasteiger partial charge in [-0.15, -0.1) is 0 Å². The van der Waals surface area contributed by atoms with Crippen molar-refractivity contribution >= 4 is 15.9 Å². The van der Waals surface area contributed by atoms with Crippen LogP contribution in [-0.4, -0.2) is 56.0 Å². The van der Waals surface area contributed by atoms with Crippen LogP contribution in [-0.2, 0) is 14.8 Å². The van der Waals surface area contributed by atoms with Crippen LogP contribution >= 0.6 is 0 Å². The van der Waals surface area contributed by atoms with E-state index in [0.29, 0.717) is 19.6 Å². The zero-order valence-electron chi connectivity index (χ0n) is 13.0. The number of hydrogen-bond acceptors (Lipinski definition) is 3. The van der Waals surface area contributed by atoms with Crippen LogP contribution in [0.3, 0.4) is 0 Å². The summed E-state index contributed by atoms with van der Waals surface area (Å²) < 4.78 is 25.5. The van der Waals surface area contributed by atoms with Gasteiger partial charge in [0.2, 0.25) is 15.9 Å². The third kappa shape index (κ3) is 2.34. The lowest BCUT2D eigenvalue weighted by Gasteiger charge is -2.28. The summed E-state index contributed by atoms with van der Waals surface area (Å²) in [6, 6.07) is 9.83. The van der Waals surface area contributed by atoms with Gasteiger partial charge in [0, 0.05) is 32.1 Å². The molecule has 3 rings (SSSR count). The maximum absolute atomic E-state index is 12.9. The molecule has 22 heavy (non-hydrogen) atoms. The van der Waals surface area contributed by atoms with E-state index in [1.165, 1.54) is 10.6 Å². The molecular weight excluding hydrogens is 300 g/mol. The molecule has 2 heterocycles. The summed E-state index contributed by atoms with van der Waals surface area (Å²) >= 11 is 0. The van der Waals surface area contributed by atoms with Gasteiger partial charge in [-0.1, -0.05) is 30.3 Å². The van der Waals surface area contributed by atoms with E-state index < -0.39 is 15.4 Å². The molecule has 0 aromatic heterocycles. The van der Waals surface area contributed by atoms with Crippen molar-refractivity contribution in [1.29, 1.82) is 0 Å². The number of amides is 1. The van der Waals surface area contributed by atoms with Crippen molar-refractivity contribution < 1.29 is 13.2 Å². The molecule has 1 spiro atoms. The van der Waals surface area contributed by atoms with Crippen LogP contribution in [0.15, 0.2) is 30.3 Å². The second-order valence-electron chi connectivity index (χ2n) is 6.31. The Labute approximate surface area is 132 Å². The van der Waals surface area contributed by atoms with Crippen molar-refractivity contribution in [2.45, 2.75) is 19.3 Å². The Morgan fingerprint density at radius 2 is 1.95 bits per heavy atom. The smallest absolute Gasteiger partial charge is 0.230 e. The van der Waals surface area contributed by atoms with E-state index in [1.54, 1.807) is 0 Å². The largest absolute Gasteiger partial charge is 0.342 e. The standard InChI is InChI=1S/C16H22N2O3S/c1-3-17-10-9-16(15(17)19)12-18(22(2,20)21)11-14(16)13-7-5-4-6-8-13/h4-8,14H,3,9-12H2,1-2H3/t14-,16+/m1/s1. The molecule has 2 atom stereocenters. The molecule has 2 aliphatic heterocycles. The fraction of sp³-hybridized carbons (Fsp3) is 0.562. The normalized spacial score (nSPS) is 29.6. The van der Waals surface area contributed by atoms with Gasteiger partial charge in [-0.3, -0.25) is 4.79 Å². The minimum Gasteiger partial charge on any atom is -0.342 e. The number of carbonyl (C=O) groups is 1. The Morgan fingerprint density at radius 1 is 1.27 bits per heavy atom. The Morgan fingerprint density at radius 3 is 2.50 bits per heavy atom. The Hall–Kier alpha value is -1.40. The molecular formula is C16H22N2O3S. The van der Waals surface area contributed by atoms with Crippen LogP contribution in [0.2, 0.25) is 0 Å². The third-order valence-corrected chi connectivity index (χ3v) is 6.32. The minimum atomic E-state index is -3.29. The van der Waals surface area contributed by atoms with Gasteiger partial charge >= 0.3 is 0 Å². The van der Waals surface area contributed by atoms with Gasteiger partial charge in [0.15, 0.2) is 0 Å². The van der Waals surface area contributed by atoms with Crippen LogP contribution in [0, 0.1) is 5.41 Å². The van der Waals surface area contributed by atoms with Gasteiger partial charge in [0.1, 0.15) is 0 Å². The highest BCUT2D eigenvalue weighted by molar-refractivity contribution is 7.88. The van der Waals surface area contributed by atoms with Crippen LogP contribution < -0.4 is 0 Å². The molecule has 1 aromatic carbocycles. The molecule has 1 amide bonds. The number of carbonyl (C=O) groups excluding carboxylic acids is 1. The molecule has 0 aliphatic carbocycles. The van der Waals surface area contributed by atoms with E-state index in [9.17, 15) is 13.2 Å². The average molecular weight is 322 g/mol. The lowest BCUT2D eigenvalue weighted by molar-refractivity contribution is -0.135. The molecule has 2 aliphatic rings. The maximum atomic E-state index is 12.9. The summed E-state index contributed by atoms with van der Waals surface area (Å²) in [5.41, 5.74) is 0.459. The lowest BCUT2D eigenvalue weighted by atomic mass is 9.73. The first-order chi connectivity index (χ1) is 10.4. The Kier molecular flexibility index (Phi) is 3.77. The zero-order valence-corrected chi connectivity index (χ0v) is 13.8. The van der Waals surface area contributed by atoms with E-state index in [1.807, 2.05) is 42.2 Å². The Balaban J connectivity index is 2.04. The van der Waals surface area contributed by atoms with Crippen molar-refractivity contribution in [3.05, 3.63) is 35.9 Å². The van der Waals surface area contributed by atoms with Crippen LogP contribution in [0.25, 0.3) is 0 Å². The van der Waals surface area contributed by atoms with Crippen LogP contribution in [0.5, 0.6) is 0 Å². The van der Waals surface area contributed by atoms with Gasteiger partial charge in [0.25, 0.3) is 0 Å². The van der Waals surface area contributed by atoms with Gasteiger partial charge in [-0.2, -0.15) is 0 Å². The first-order valence-electron chi connectivity index (χ1n) is 7.68. The number of benzene rings is 1. The fourth-order valence-electron chi connectivity index (χ4n) is 3.86. The van der Waals surface area contributed by atoms with E-state index in [0.717, 1.165) is 18.5 Å². The lowest BCUT2D eigenvalue weighted by Crippen LogP contribution is -2.40. The average Bonchev–Trinajstić information content (AvgIpc) is 3.03. The number of likely N-dealkylation sites (tertiary alicyclic amines) is 1. The number of sulfonamides is 1. The number of rotatable bonds is 3. The highest BCUT2D eigenvalue weighted by Gasteiger charge is 2.58. The topological polar surface area (TPSA) is 57.7 Å². The van der Waals surface area contributed by atoms with Gasteiger partial charge < -0.3 is 4.90 Å². The molecule has 0 N–H and O–H groups in total. The molecule has 0 saturated carbocycles. The molecule has 0 unspecified atom stereocenters. The fourth-order valence-corrected chi connectivity index (χ4v) is 4.74. The molecule has 1 aromatic rings. The van der Waals surface area contributed by atoms with E-state index in [-0.39, 0.29) is 11.8 Å². The molecule has 0 radical (unpaired) electrons. The predicted molar refractivity (Wildman–Crippen MR) is 84.9 cm³/mol. The van der Waals surface area contributed by atoms with E-state index in [2.05, 4.69) is 0 Å². The minimum absolute atomic E-state index is 0.0625. The van der Waals surface area contributed by atoms with Crippen molar-refractivity contribution in [3.8, 4) is 0 Å². The highest BCUT2D eigenvalue weighted by Crippen LogP contribution is 2.50. The molecule has 120 valence electrons. The highest BCUT2D eigenvalue weighted by atomic mass is 32.2. The summed E-state index contributed by atoms with van der Waals surface area (Å²) in [5.74, 6) is 0.0440. The first-order valence-corrected chi connectivity index (χ1v) is 9.53. The molecule has 0 bridgehead atoms. The summed E-state index contributed by atoms with van der Waals surface area (Å²) in [6.45, 7) is 4.07. The van der Waals surface area contributed by atoms with Crippen LogP contribution in [0.1, 0.15) is 24.8 Å². The summed E-state index contributed by atoms with van der Waals surface area (Å²) in [4.78, 5) is 14.8. The number of hydrogen-bond donors (Lipinski definition) is 0. The van der Waals surface area contributed by atoms with Crippen molar-refractivity contribution in [1.82, 2.24) is 9.21 Å². The monoisotopic (exact) mass is 322 g/mol. The van der Waals surface area contributed by atoms with Crippen LogP contribution in [0.4, 0.5) is 0 Å². The summed E-state index contributed by atoms with van der Waals surface area (Å²) in [5, 5.41) is 0. The zero-order chi connectivity index (χ0) is 16.0. The first kappa shape index (κ1) is 15.5. The maximum Gasteiger partial charge on any atom is 0.230 e. The third-order valence-electron chi connectivity index (χ3n) is 5.11. The molecule has 2 fully saturated rings. The van der Waals surface area contributed by atoms with Gasteiger partial charge in [-0.25, -0.2) is 12.7 Å². The summed E-state index contributed by atoms with van der Waals surface area (Å²) in [7, 11) is -3.29. The summed E-state index contributed by atoms with van der Waals surface area (Å²) in [6.07, 6.45) is 1.95. The molecule has 6 heteroatoms. The van der Waals surface area contributed by atoms with E-state index >= 15 is 0 Å². The van der Waals surface area contributed by atoms with Gasteiger partial charge in [0.05, 0.1) is 11.7 Å². The van der Waals surface area contributed by atoms with Crippen molar-refractivity contribution in [2.24, 2.45) is 5.41 Å². The van der Waals surface area contributed by atoms with Crippen molar-refractivity contribution in [3.63, 3.8) is 0 Å². The SMILES string of the molecule is CCN1CC[C@@]2(CN(S(C)(=O)=O)C[C@@H]2c2ccccc2)C1=O. The van der Waals surface area contributed by atoms with E-state index in [4.69, 9.17) is 0 Å². The van der Waals surface area contributed by atoms with Gasteiger partial charge in [-0.05, 0) is 18.9 Å². The second kappa shape index (κ2) is 5.35. The Bertz CT molecular complexity index is 674. The quantitative estimate of drug-likeness (QED) is 0.842. The molecule has 2 saturated heterocycles. The molecule has 5 nitrogen and oxygen atoms in total. The second-order valence-corrected chi connectivity index (χ2v) is 8.29. The van der Waals surface area contributed by atoms with Crippen molar-refractivity contribution in [2.75, 3.05) is 32.4 Å².